The van der Waals surface area contributed by atoms with Gasteiger partial charge < -0.3 is 5.11 Å². The molecular weight excluding hydrogens is 190 g/mol. The zero-order valence-corrected chi connectivity index (χ0v) is 8.75. The Morgan fingerprint density at radius 2 is 2.27 bits per heavy atom. The van der Waals surface area contributed by atoms with E-state index >= 15 is 0 Å². The first-order valence-corrected chi connectivity index (χ1v) is 4.82. The fourth-order valence-electron chi connectivity index (χ4n) is 1.36. The maximum Gasteiger partial charge on any atom is 0.153 e. The molecule has 1 atom stereocenters. The van der Waals surface area contributed by atoms with E-state index in [1.807, 2.05) is 19.2 Å². The van der Waals surface area contributed by atoms with Crippen LogP contribution in [0, 0.1) is 6.92 Å². The molecule has 0 spiro atoms. The average molecular weight is 203 g/mol. The maximum absolute atomic E-state index is 9.44. The Labute approximate surface area is 88.2 Å². The molecule has 78 valence electrons. The molecular formula is C11H13N3O. The first kappa shape index (κ1) is 9.86. The van der Waals surface area contributed by atoms with Crippen molar-refractivity contribution in [2.45, 2.75) is 20.0 Å². The highest BCUT2D eigenvalue weighted by molar-refractivity contribution is 5.28. The summed E-state index contributed by atoms with van der Waals surface area (Å²) in [6.45, 7) is 3.70. The van der Waals surface area contributed by atoms with Gasteiger partial charge in [-0.2, -0.15) is 5.10 Å². The Kier molecular flexibility index (Phi) is 2.51. The van der Waals surface area contributed by atoms with Crippen molar-refractivity contribution in [3.05, 3.63) is 41.9 Å². The first-order chi connectivity index (χ1) is 7.16. The number of rotatable bonds is 2. The molecule has 0 aliphatic carbocycles. The highest BCUT2D eigenvalue weighted by atomic mass is 16.3. The van der Waals surface area contributed by atoms with Crippen molar-refractivity contribution in [3.8, 4) is 5.82 Å². The molecule has 4 heteroatoms. The second kappa shape index (κ2) is 3.82. The van der Waals surface area contributed by atoms with Gasteiger partial charge in [-0.1, -0.05) is 0 Å². The van der Waals surface area contributed by atoms with Crippen molar-refractivity contribution in [2.75, 3.05) is 0 Å². The van der Waals surface area contributed by atoms with Crippen LogP contribution >= 0.6 is 0 Å². The van der Waals surface area contributed by atoms with Crippen molar-refractivity contribution < 1.29 is 5.11 Å². The van der Waals surface area contributed by atoms with E-state index in [1.165, 1.54) is 0 Å². The molecule has 0 aliphatic heterocycles. The molecule has 1 N–H and O–H groups in total. The van der Waals surface area contributed by atoms with E-state index < -0.39 is 6.10 Å². The largest absolute Gasteiger partial charge is 0.389 e. The first-order valence-electron chi connectivity index (χ1n) is 4.82. The highest BCUT2D eigenvalue weighted by Gasteiger charge is 2.04. The van der Waals surface area contributed by atoms with Crippen LogP contribution in [-0.2, 0) is 0 Å². The Balaban J connectivity index is 2.41. The van der Waals surface area contributed by atoms with Crippen molar-refractivity contribution in [3.63, 3.8) is 0 Å². The summed E-state index contributed by atoms with van der Waals surface area (Å²) in [5.74, 6) is 0.724. The van der Waals surface area contributed by atoms with E-state index in [0.29, 0.717) is 0 Å². The fraction of sp³-hybridized carbons (Fsp3) is 0.273. The average Bonchev–Trinajstić information content (AvgIpc) is 2.65. The minimum atomic E-state index is -0.483. The molecule has 0 radical (unpaired) electrons. The van der Waals surface area contributed by atoms with Crippen LogP contribution in [0.5, 0.6) is 0 Å². The lowest BCUT2D eigenvalue weighted by molar-refractivity contribution is 0.199. The summed E-state index contributed by atoms with van der Waals surface area (Å²) in [4.78, 5) is 4.19. The molecule has 15 heavy (non-hydrogen) atoms. The van der Waals surface area contributed by atoms with E-state index in [1.54, 1.807) is 30.1 Å². The fourth-order valence-corrected chi connectivity index (χ4v) is 1.36. The Morgan fingerprint density at radius 3 is 2.87 bits per heavy atom. The van der Waals surface area contributed by atoms with Crippen LogP contribution in [0.3, 0.4) is 0 Å². The van der Waals surface area contributed by atoms with Crippen molar-refractivity contribution in [2.24, 2.45) is 0 Å². The smallest absolute Gasteiger partial charge is 0.153 e. The summed E-state index contributed by atoms with van der Waals surface area (Å²) in [5.41, 5.74) is 1.92. The normalized spacial score (nSPS) is 12.7. The molecule has 0 aliphatic rings. The van der Waals surface area contributed by atoms with Crippen LogP contribution < -0.4 is 0 Å². The van der Waals surface area contributed by atoms with Gasteiger partial charge in [-0.05, 0) is 37.1 Å². The van der Waals surface area contributed by atoms with Gasteiger partial charge in [0.1, 0.15) is 0 Å². The number of pyridine rings is 1. The monoisotopic (exact) mass is 203 g/mol. The molecule has 0 unspecified atom stereocenters. The van der Waals surface area contributed by atoms with Crippen molar-refractivity contribution in [1.82, 2.24) is 14.8 Å². The molecule has 4 nitrogen and oxygen atoms in total. The third-order valence-corrected chi connectivity index (χ3v) is 2.20. The highest BCUT2D eigenvalue weighted by Crippen LogP contribution is 2.14. The Hall–Kier alpha value is -1.68. The van der Waals surface area contributed by atoms with Gasteiger partial charge in [-0.15, -0.1) is 0 Å². The Bertz CT molecular complexity index is 462. The topological polar surface area (TPSA) is 50.9 Å². The van der Waals surface area contributed by atoms with E-state index in [4.69, 9.17) is 0 Å². The van der Waals surface area contributed by atoms with E-state index in [0.717, 1.165) is 16.9 Å². The predicted octanol–water partition coefficient (Wildman–Crippen LogP) is 1.63. The lowest BCUT2D eigenvalue weighted by Crippen LogP contribution is -2.00. The number of hydrogen-bond acceptors (Lipinski definition) is 3. The molecule has 0 saturated heterocycles. The minimum absolute atomic E-state index is 0.483. The quantitative estimate of drug-likeness (QED) is 0.807. The molecule has 2 rings (SSSR count). The standard InChI is InChI=1S/C11H13N3O/c1-8-6-13-14(7-8)11-5-10(9(2)15)3-4-12-11/h3-7,9,15H,1-2H3/t9-/m0/s1. The third-order valence-electron chi connectivity index (χ3n) is 2.20. The van der Waals surface area contributed by atoms with E-state index in [9.17, 15) is 5.11 Å². The van der Waals surface area contributed by atoms with Gasteiger partial charge in [0.05, 0.1) is 12.3 Å². The van der Waals surface area contributed by atoms with Crippen LogP contribution in [0.15, 0.2) is 30.7 Å². The van der Waals surface area contributed by atoms with Gasteiger partial charge in [-0.25, -0.2) is 9.67 Å². The second-order valence-corrected chi connectivity index (χ2v) is 3.59. The third kappa shape index (κ3) is 2.05. The Morgan fingerprint density at radius 1 is 1.47 bits per heavy atom. The molecule has 0 saturated carbocycles. The van der Waals surface area contributed by atoms with Crippen LogP contribution in [0.2, 0.25) is 0 Å². The molecule has 0 aromatic carbocycles. The summed E-state index contributed by atoms with van der Waals surface area (Å²) in [5, 5.41) is 13.6. The maximum atomic E-state index is 9.44. The summed E-state index contributed by atoms with van der Waals surface area (Å²) < 4.78 is 1.70. The molecule has 0 amide bonds. The SMILES string of the molecule is Cc1cnn(-c2cc([C@H](C)O)ccn2)c1. The van der Waals surface area contributed by atoms with Crippen LogP contribution in [-0.4, -0.2) is 19.9 Å². The van der Waals surface area contributed by atoms with E-state index in [-0.39, 0.29) is 0 Å². The van der Waals surface area contributed by atoms with E-state index in [2.05, 4.69) is 10.1 Å². The van der Waals surface area contributed by atoms with Gasteiger partial charge in [0.2, 0.25) is 0 Å². The zero-order valence-electron chi connectivity index (χ0n) is 8.75. The predicted molar refractivity (Wildman–Crippen MR) is 56.7 cm³/mol. The van der Waals surface area contributed by atoms with Crippen LogP contribution in [0.25, 0.3) is 5.82 Å². The molecule has 2 aromatic heterocycles. The van der Waals surface area contributed by atoms with Crippen molar-refractivity contribution >= 4 is 0 Å². The lowest BCUT2D eigenvalue weighted by atomic mass is 10.2. The van der Waals surface area contributed by atoms with Gasteiger partial charge in [0.25, 0.3) is 0 Å². The molecule has 2 heterocycles. The van der Waals surface area contributed by atoms with Crippen molar-refractivity contribution in [1.29, 1.82) is 0 Å². The molecule has 0 bridgehead atoms. The molecule has 0 fully saturated rings. The number of aryl methyl sites for hydroxylation is 1. The summed E-state index contributed by atoms with van der Waals surface area (Å²) in [6, 6.07) is 3.63. The summed E-state index contributed by atoms with van der Waals surface area (Å²) in [7, 11) is 0. The summed E-state index contributed by atoms with van der Waals surface area (Å²) in [6.07, 6.45) is 4.86. The minimum Gasteiger partial charge on any atom is -0.389 e. The van der Waals surface area contributed by atoms with Gasteiger partial charge in [0, 0.05) is 12.4 Å². The zero-order chi connectivity index (χ0) is 10.8. The molecule has 2 aromatic rings. The van der Waals surface area contributed by atoms with Crippen LogP contribution in [0.4, 0.5) is 0 Å². The number of aliphatic hydroxyl groups excluding tert-OH is 1. The van der Waals surface area contributed by atoms with Crippen LogP contribution in [0.1, 0.15) is 24.2 Å². The van der Waals surface area contributed by atoms with Gasteiger partial charge in [0.15, 0.2) is 5.82 Å². The number of nitrogens with zero attached hydrogens (tertiary/aromatic N) is 3. The number of hydrogen-bond donors (Lipinski definition) is 1. The van der Waals surface area contributed by atoms with Gasteiger partial charge >= 0.3 is 0 Å². The number of aliphatic hydroxyl groups is 1. The number of aromatic nitrogens is 3. The second-order valence-electron chi connectivity index (χ2n) is 3.59. The van der Waals surface area contributed by atoms with Gasteiger partial charge in [-0.3, -0.25) is 0 Å². The summed E-state index contributed by atoms with van der Waals surface area (Å²) >= 11 is 0. The lowest BCUT2D eigenvalue weighted by Gasteiger charge is -2.06.